The van der Waals surface area contributed by atoms with Crippen LogP contribution in [0.2, 0.25) is 0 Å². The van der Waals surface area contributed by atoms with Gasteiger partial charge in [0.15, 0.2) is 0 Å². The van der Waals surface area contributed by atoms with E-state index in [4.69, 9.17) is 0 Å². The monoisotopic (exact) mass is 405 g/mol. The molecule has 2 aliphatic rings. The second-order valence-corrected chi connectivity index (χ2v) is 9.47. The minimum absolute atomic E-state index is 0.0427. The maximum Gasteiger partial charge on any atom is 0.255 e. The molecule has 8 heteroatoms. The molecule has 0 N–H and O–H groups in total. The molecular formula is C20H24FN3O3S. The Hall–Kier alpha value is -2.19. The molecule has 1 aromatic heterocycles. The average Bonchev–Trinajstić information content (AvgIpc) is 3.46. The molecule has 4 rings (SSSR count). The number of carbonyl (C=O) groups excluding carboxylic acids is 1. The molecule has 1 saturated carbocycles. The number of aromatic nitrogens is 1. The van der Waals surface area contributed by atoms with Crippen molar-refractivity contribution in [3.8, 4) is 0 Å². The maximum atomic E-state index is 13.1. The Labute approximate surface area is 164 Å². The largest absolute Gasteiger partial charge is 0.345 e. The van der Waals surface area contributed by atoms with Crippen molar-refractivity contribution < 1.29 is 17.6 Å². The van der Waals surface area contributed by atoms with Crippen LogP contribution in [0.5, 0.6) is 0 Å². The van der Waals surface area contributed by atoms with Crippen molar-refractivity contribution in [1.29, 1.82) is 0 Å². The summed E-state index contributed by atoms with van der Waals surface area (Å²) in [4.78, 5) is 14.8. The maximum absolute atomic E-state index is 13.1. The number of sulfonamides is 1. The summed E-state index contributed by atoms with van der Waals surface area (Å²) in [5.74, 6) is -0.517. The molecule has 1 saturated heterocycles. The Morgan fingerprint density at radius 3 is 2.21 bits per heavy atom. The second kappa shape index (κ2) is 7.00. The zero-order valence-electron chi connectivity index (χ0n) is 16.1. The van der Waals surface area contributed by atoms with Gasteiger partial charge in [0.2, 0.25) is 10.0 Å². The minimum Gasteiger partial charge on any atom is -0.345 e. The van der Waals surface area contributed by atoms with Gasteiger partial charge in [0.25, 0.3) is 5.91 Å². The van der Waals surface area contributed by atoms with Crippen molar-refractivity contribution in [3.63, 3.8) is 0 Å². The molecule has 28 heavy (non-hydrogen) atoms. The van der Waals surface area contributed by atoms with Crippen LogP contribution < -0.4 is 0 Å². The third kappa shape index (κ3) is 3.35. The highest BCUT2D eigenvalue weighted by molar-refractivity contribution is 7.89. The predicted molar refractivity (Wildman–Crippen MR) is 103 cm³/mol. The van der Waals surface area contributed by atoms with Gasteiger partial charge in [0.1, 0.15) is 5.82 Å². The summed E-state index contributed by atoms with van der Waals surface area (Å²) in [6.45, 7) is 5.14. The molecule has 6 nitrogen and oxygen atoms in total. The van der Waals surface area contributed by atoms with E-state index >= 15 is 0 Å². The molecule has 0 atom stereocenters. The van der Waals surface area contributed by atoms with Crippen molar-refractivity contribution >= 4 is 15.9 Å². The molecule has 0 unspecified atom stereocenters. The number of hydrogen-bond acceptors (Lipinski definition) is 3. The first-order valence-corrected chi connectivity index (χ1v) is 11.0. The molecule has 1 aliphatic carbocycles. The summed E-state index contributed by atoms with van der Waals surface area (Å²) in [6, 6.07) is 7.28. The van der Waals surface area contributed by atoms with Crippen LogP contribution in [0.15, 0.2) is 35.2 Å². The number of carbonyl (C=O) groups is 1. The first-order valence-electron chi connectivity index (χ1n) is 9.52. The van der Waals surface area contributed by atoms with E-state index in [0.29, 0.717) is 24.7 Å². The van der Waals surface area contributed by atoms with Gasteiger partial charge in [-0.05, 0) is 57.0 Å². The van der Waals surface area contributed by atoms with E-state index in [9.17, 15) is 17.6 Å². The average molecular weight is 405 g/mol. The van der Waals surface area contributed by atoms with E-state index in [-0.39, 0.29) is 23.9 Å². The number of piperazine rings is 1. The van der Waals surface area contributed by atoms with Gasteiger partial charge in [-0.3, -0.25) is 4.79 Å². The van der Waals surface area contributed by atoms with Crippen LogP contribution in [0.4, 0.5) is 4.39 Å². The van der Waals surface area contributed by atoms with Gasteiger partial charge in [-0.25, -0.2) is 12.8 Å². The SMILES string of the molecule is Cc1cc(C(=O)N2CCN(S(=O)(=O)c3ccc(F)cc3)CC2)c(C)n1C1CC1. The van der Waals surface area contributed by atoms with Crippen LogP contribution >= 0.6 is 0 Å². The highest BCUT2D eigenvalue weighted by Gasteiger charge is 2.33. The second-order valence-electron chi connectivity index (χ2n) is 7.54. The summed E-state index contributed by atoms with van der Waals surface area (Å²) in [5.41, 5.74) is 2.80. The van der Waals surface area contributed by atoms with Crippen LogP contribution in [-0.2, 0) is 10.0 Å². The highest BCUT2D eigenvalue weighted by atomic mass is 32.2. The number of nitrogens with zero attached hydrogens (tertiary/aromatic N) is 3. The van der Waals surface area contributed by atoms with Gasteiger partial charge in [-0.2, -0.15) is 4.31 Å². The zero-order valence-corrected chi connectivity index (χ0v) is 16.9. The Kier molecular flexibility index (Phi) is 4.79. The molecule has 1 amide bonds. The summed E-state index contributed by atoms with van der Waals surface area (Å²) in [6.07, 6.45) is 2.31. The normalized spacial score (nSPS) is 18.5. The lowest BCUT2D eigenvalue weighted by Gasteiger charge is -2.34. The van der Waals surface area contributed by atoms with Gasteiger partial charge in [-0.15, -0.1) is 0 Å². The van der Waals surface area contributed by atoms with Crippen molar-refractivity contribution in [3.05, 3.63) is 53.1 Å². The van der Waals surface area contributed by atoms with E-state index in [0.717, 1.165) is 36.4 Å². The third-order valence-corrected chi connectivity index (χ3v) is 7.52. The summed E-state index contributed by atoms with van der Waals surface area (Å²) >= 11 is 0. The number of benzene rings is 1. The standard InChI is InChI=1S/C20H24FN3O3S/c1-14-13-19(15(2)24(14)17-5-6-17)20(25)22-9-11-23(12-10-22)28(26,27)18-7-3-16(21)4-8-18/h3-4,7-8,13,17H,5-6,9-12H2,1-2H3. The fourth-order valence-electron chi connectivity index (χ4n) is 3.95. The van der Waals surface area contributed by atoms with Crippen LogP contribution in [0.25, 0.3) is 0 Å². The summed E-state index contributed by atoms with van der Waals surface area (Å²) < 4.78 is 42.1. The summed E-state index contributed by atoms with van der Waals surface area (Å²) in [5, 5.41) is 0. The van der Waals surface area contributed by atoms with Crippen molar-refractivity contribution in [1.82, 2.24) is 13.8 Å². The van der Waals surface area contributed by atoms with Crippen molar-refractivity contribution in [2.45, 2.75) is 37.6 Å². The van der Waals surface area contributed by atoms with E-state index in [1.54, 1.807) is 4.90 Å². The molecule has 0 bridgehead atoms. The smallest absolute Gasteiger partial charge is 0.255 e. The van der Waals surface area contributed by atoms with Crippen LogP contribution in [0.1, 0.15) is 40.6 Å². The van der Waals surface area contributed by atoms with Gasteiger partial charge >= 0.3 is 0 Å². The van der Waals surface area contributed by atoms with Crippen LogP contribution in [0.3, 0.4) is 0 Å². The van der Waals surface area contributed by atoms with Crippen molar-refractivity contribution in [2.75, 3.05) is 26.2 Å². The Morgan fingerprint density at radius 2 is 1.64 bits per heavy atom. The van der Waals surface area contributed by atoms with E-state index in [1.807, 2.05) is 19.9 Å². The van der Waals surface area contributed by atoms with E-state index in [1.165, 1.54) is 16.4 Å². The molecule has 2 aromatic rings. The Bertz CT molecular complexity index is 1000. The van der Waals surface area contributed by atoms with E-state index < -0.39 is 15.8 Å². The molecule has 150 valence electrons. The molecule has 0 spiro atoms. The number of amides is 1. The summed E-state index contributed by atoms with van der Waals surface area (Å²) in [7, 11) is -3.68. The molecule has 0 radical (unpaired) electrons. The van der Waals surface area contributed by atoms with Gasteiger partial charge in [-0.1, -0.05) is 0 Å². The lowest BCUT2D eigenvalue weighted by molar-refractivity contribution is 0.0697. The number of rotatable bonds is 4. The predicted octanol–water partition coefficient (Wildman–Crippen LogP) is 2.73. The first kappa shape index (κ1) is 19.1. The van der Waals surface area contributed by atoms with E-state index in [2.05, 4.69) is 4.57 Å². The fraction of sp³-hybridized carbons (Fsp3) is 0.450. The molecule has 1 aromatic carbocycles. The molecule has 1 aliphatic heterocycles. The topological polar surface area (TPSA) is 62.6 Å². The molecule has 2 fully saturated rings. The Balaban J connectivity index is 1.46. The quantitative estimate of drug-likeness (QED) is 0.786. The first-order chi connectivity index (χ1) is 13.3. The van der Waals surface area contributed by atoms with Crippen LogP contribution in [0, 0.1) is 19.7 Å². The lowest BCUT2D eigenvalue weighted by Crippen LogP contribution is -2.50. The van der Waals surface area contributed by atoms with Gasteiger partial charge in [0, 0.05) is 43.6 Å². The number of aryl methyl sites for hydroxylation is 1. The Morgan fingerprint density at radius 1 is 1.04 bits per heavy atom. The minimum atomic E-state index is -3.68. The number of halogens is 1. The lowest BCUT2D eigenvalue weighted by atomic mass is 10.2. The van der Waals surface area contributed by atoms with Gasteiger partial charge < -0.3 is 9.47 Å². The zero-order chi connectivity index (χ0) is 20.1. The third-order valence-electron chi connectivity index (χ3n) is 5.60. The molecule has 2 heterocycles. The van der Waals surface area contributed by atoms with Crippen molar-refractivity contribution in [2.24, 2.45) is 0 Å². The fourth-order valence-corrected chi connectivity index (χ4v) is 5.37. The van der Waals surface area contributed by atoms with Gasteiger partial charge in [0.05, 0.1) is 10.5 Å². The van der Waals surface area contributed by atoms with Crippen LogP contribution in [-0.4, -0.2) is 54.3 Å². The highest BCUT2D eigenvalue weighted by Crippen LogP contribution is 2.38. The number of hydrogen-bond donors (Lipinski definition) is 0. The molecular weight excluding hydrogens is 381 g/mol.